The van der Waals surface area contributed by atoms with Crippen molar-refractivity contribution in [3.05, 3.63) is 126 Å². The summed E-state index contributed by atoms with van der Waals surface area (Å²) in [5, 5.41) is 5.60. The average molecular weight is 549 g/mol. The predicted molar refractivity (Wildman–Crippen MR) is 159 cm³/mol. The lowest BCUT2D eigenvalue weighted by molar-refractivity contribution is -0.123. The summed E-state index contributed by atoms with van der Waals surface area (Å²) in [5.41, 5.74) is 8.77. The highest BCUT2D eigenvalue weighted by Crippen LogP contribution is 2.33. The van der Waals surface area contributed by atoms with Crippen LogP contribution in [-0.4, -0.2) is 35.8 Å². The van der Waals surface area contributed by atoms with Crippen molar-refractivity contribution in [3.8, 4) is 5.75 Å². The van der Waals surface area contributed by atoms with Crippen LogP contribution in [0, 0.1) is 5.92 Å². The molecule has 0 atom stereocenters. The third-order valence-corrected chi connectivity index (χ3v) is 7.13. The van der Waals surface area contributed by atoms with Crippen molar-refractivity contribution in [1.29, 1.82) is 0 Å². The van der Waals surface area contributed by atoms with Crippen LogP contribution in [0.5, 0.6) is 5.75 Å². The minimum Gasteiger partial charge on any atom is -0.480 e. The number of nitrogens with two attached hydrogens (primary N) is 1. The molecule has 208 valence electrons. The van der Waals surface area contributed by atoms with Crippen molar-refractivity contribution in [3.63, 3.8) is 0 Å². The molecule has 0 radical (unpaired) electrons. The van der Waals surface area contributed by atoms with Crippen LogP contribution in [-0.2, 0) is 4.79 Å². The fraction of sp³-hybridized carbons (Fsp3) is 0.182. The molecule has 4 amide bonds. The summed E-state index contributed by atoms with van der Waals surface area (Å²) in [6.07, 6.45) is 0.543. The van der Waals surface area contributed by atoms with Crippen LogP contribution in [0.2, 0.25) is 0 Å². The molecule has 4 aromatic rings. The molecule has 0 aliphatic carbocycles. The first kappa shape index (κ1) is 27.5. The smallest absolute Gasteiger partial charge is 0.323 e. The van der Waals surface area contributed by atoms with Gasteiger partial charge >= 0.3 is 6.03 Å². The number of piperidine rings is 1. The predicted octanol–water partition coefficient (Wildman–Crippen LogP) is 5.84. The van der Waals surface area contributed by atoms with Crippen LogP contribution >= 0.6 is 0 Å². The Labute approximate surface area is 239 Å². The van der Waals surface area contributed by atoms with E-state index in [9.17, 15) is 14.4 Å². The van der Waals surface area contributed by atoms with E-state index in [0.717, 1.165) is 11.1 Å². The Kier molecular flexibility index (Phi) is 8.59. The first-order valence-corrected chi connectivity index (χ1v) is 13.6. The van der Waals surface area contributed by atoms with Gasteiger partial charge in [-0.05, 0) is 54.3 Å². The van der Waals surface area contributed by atoms with E-state index < -0.39 is 12.1 Å². The quantitative estimate of drug-likeness (QED) is 0.257. The number of nitrogens with one attached hydrogen (secondary N) is 2. The van der Waals surface area contributed by atoms with Gasteiger partial charge in [0.05, 0.1) is 5.56 Å². The molecule has 4 aromatic carbocycles. The van der Waals surface area contributed by atoms with Crippen molar-refractivity contribution >= 4 is 29.2 Å². The van der Waals surface area contributed by atoms with Gasteiger partial charge in [-0.25, -0.2) is 4.79 Å². The van der Waals surface area contributed by atoms with Gasteiger partial charge in [-0.3, -0.25) is 9.59 Å². The van der Waals surface area contributed by atoms with Crippen LogP contribution in [0.15, 0.2) is 109 Å². The first-order chi connectivity index (χ1) is 20.0. The lowest BCUT2D eigenvalue weighted by Crippen LogP contribution is -2.41. The zero-order chi connectivity index (χ0) is 28.6. The van der Waals surface area contributed by atoms with Gasteiger partial charge in [-0.2, -0.15) is 0 Å². The van der Waals surface area contributed by atoms with Crippen LogP contribution in [0.25, 0.3) is 0 Å². The number of likely N-dealkylation sites (tertiary alicyclic amines) is 1. The second kappa shape index (κ2) is 12.8. The largest absolute Gasteiger partial charge is 0.480 e. The van der Waals surface area contributed by atoms with Crippen molar-refractivity contribution in [2.75, 3.05) is 23.7 Å². The number of carbonyl (C=O) groups excluding carboxylic acids is 3. The summed E-state index contributed by atoms with van der Waals surface area (Å²) >= 11 is 0. The van der Waals surface area contributed by atoms with Gasteiger partial charge in [-0.15, -0.1) is 0 Å². The van der Waals surface area contributed by atoms with Crippen molar-refractivity contribution < 1.29 is 19.1 Å². The standard InChI is InChI=1S/C33H32N4O4/c34-31(38)25-18-20-37(21-19-25)32(39)28-22-27(36-33(40)35-26-14-8-3-9-15-26)16-17-29(28)41-30(23-10-4-1-5-11-23)24-12-6-2-7-13-24/h1-17,22,25,30H,18-21H2,(H2,34,38)(H2,35,36,40). The topological polar surface area (TPSA) is 114 Å². The van der Waals surface area contributed by atoms with E-state index in [0.29, 0.717) is 48.6 Å². The number of ether oxygens (including phenoxy) is 1. The Morgan fingerprint density at radius 2 is 1.27 bits per heavy atom. The lowest BCUT2D eigenvalue weighted by Gasteiger charge is -2.31. The van der Waals surface area contributed by atoms with E-state index in [-0.39, 0.29) is 17.7 Å². The number of primary amides is 1. The molecular weight excluding hydrogens is 516 g/mol. The van der Waals surface area contributed by atoms with E-state index >= 15 is 0 Å². The van der Waals surface area contributed by atoms with Gasteiger partial charge < -0.3 is 26.0 Å². The van der Waals surface area contributed by atoms with Gasteiger partial charge in [0.1, 0.15) is 11.9 Å². The molecule has 1 saturated heterocycles. The maximum Gasteiger partial charge on any atom is 0.323 e. The number of nitrogens with zero attached hydrogens (tertiary/aromatic N) is 1. The SMILES string of the molecule is NC(=O)C1CCN(C(=O)c2cc(NC(=O)Nc3ccccc3)ccc2OC(c2ccccc2)c2ccccc2)CC1. The molecule has 5 rings (SSSR count). The Balaban J connectivity index is 1.45. The van der Waals surface area contributed by atoms with E-state index in [4.69, 9.17) is 10.5 Å². The van der Waals surface area contributed by atoms with Gasteiger partial charge in [0.15, 0.2) is 0 Å². The molecule has 1 heterocycles. The Bertz CT molecular complexity index is 1450. The third-order valence-electron chi connectivity index (χ3n) is 7.13. The average Bonchev–Trinajstić information content (AvgIpc) is 3.01. The summed E-state index contributed by atoms with van der Waals surface area (Å²) in [7, 11) is 0. The molecular formula is C33H32N4O4. The summed E-state index contributed by atoms with van der Waals surface area (Å²) in [6.45, 7) is 0.803. The Hall–Kier alpha value is -5.11. The molecule has 0 spiro atoms. The Morgan fingerprint density at radius 3 is 1.83 bits per heavy atom. The monoisotopic (exact) mass is 548 g/mol. The summed E-state index contributed by atoms with van der Waals surface area (Å²) in [6, 6.07) is 33.3. The number of para-hydroxylation sites is 1. The molecule has 41 heavy (non-hydrogen) atoms. The number of amides is 4. The summed E-state index contributed by atoms with van der Waals surface area (Å²) in [5.74, 6) is -0.441. The highest BCUT2D eigenvalue weighted by molar-refractivity contribution is 6.02. The van der Waals surface area contributed by atoms with Crippen molar-refractivity contribution in [1.82, 2.24) is 4.90 Å². The fourth-order valence-corrected chi connectivity index (χ4v) is 4.94. The lowest BCUT2D eigenvalue weighted by atomic mass is 9.95. The maximum atomic E-state index is 13.9. The minimum atomic E-state index is -0.468. The van der Waals surface area contributed by atoms with Crippen molar-refractivity contribution in [2.24, 2.45) is 11.7 Å². The van der Waals surface area contributed by atoms with Crippen LogP contribution < -0.4 is 21.1 Å². The highest BCUT2D eigenvalue weighted by Gasteiger charge is 2.29. The van der Waals surface area contributed by atoms with E-state index in [1.165, 1.54) is 0 Å². The number of urea groups is 1. The molecule has 0 aromatic heterocycles. The Morgan fingerprint density at radius 1 is 0.732 bits per heavy atom. The first-order valence-electron chi connectivity index (χ1n) is 13.6. The zero-order valence-corrected chi connectivity index (χ0v) is 22.5. The van der Waals surface area contributed by atoms with E-state index in [2.05, 4.69) is 10.6 Å². The van der Waals surface area contributed by atoms with Gasteiger partial charge in [-0.1, -0.05) is 78.9 Å². The third kappa shape index (κ3) is 6.91. The molecule has 8 nitrogen and oxygen atoms in total. The van der Waals surface area contributed by atoms with Gasteiger partial charge in [0.25, 0.3) is 5.91 Å². The number of carbonyl (C=O) groups is 3. The number of rotatable bonds is 8. The molecule has 1 aliphatic rings. The second-order valence-electron chi connectivity index (χ2n) is 9.94. The molecule has 0 bridgehead atoms. The van der Waals surface area contributed by atoms with Crippen molar-refractivity contribution in [2.45, 2.75) is 18.9 Å². The maximum absolute atomic E-state index is 13.9. The molecule has 1 fully saturated rings. The molecule has 1 aliphatic heterocycles. The van der Waals surface area contributed by atoms with E-state index in [1.54, 1.807) is 35.2 Å². The van der Waals surface area contributed by atoms with Gasteiger partial charge in [0, 0.05) is 30.4 Å². The number of anilines is 2. The van der Waals surface area contributed by atoms with Crippen LogP contribution in [0.1, 0.15) is 40.4 Å². The van der Waals surface area contributed by atoms with E-state index in [1.807, 2.05) is 78.9 Å². The summed E-state index contributed by atoms with van der Waals surface area (Å²) in [4.78, 5) is 40.0. The minimum absolute atomic E-state index is 0.241. The molecule has 4 N–H and O–H groups in total. The van der Waals surface area contributed by atoms with Crippen LogP contribution in [0.3, 0.4) is 0 Å². The van der Waals surface area contributed by atoms with Gasteiger partial charge in [0.2, 0.25) is 5.91 Å². The molecule has 0 unspecified atom stereocenters. The van der Waals surface area contributed by atoms with Crippen LogP contribution in [0.4, 0.5) is 16.2 Å². The normalized spacial score (nSPS) is 13.4. The fourth-order valence-electron chi connectivity index (χ4n) is 4.94. The zero-order valence-electron chi connectivity index (χ0n) is 22.5. The second-order valence-corrected chi connectivity index (χ2v) is 9.94. The summed E-state index contributed by atoms with van der Waals surface area (Å²) < 4.78 is 6.59. The molecule has 8 heteroatoms. The highest BCUT2D eigenvalue weighted by atomic mass is 16.5. The molecule has 0 saturated carbocycles. The number of hydrogen-bond donors (Lipinski definition) is 3. The number of benzene rings is 4. The number of hydrogen-bond acceptors (Lipinski definition) is 4.